The van der Waals surface area contributed by atoms with Gasteiger partial charge in [0.25, 0.3) is 0 Å². The van der Waals surface area contributed by atoms with Gasteiger partial charge in [0.15, 0.2) is 11.5 Å². The molecule has 0 atom stereocenters. The lowest BCUT2D eigenvalue weighted by molar-refractivity contribution is 0.476. The molecule has 0 bridgehead atoms. The van der Waals surface area contributed by atoms with Gasteiger partial charge in [-0.15, -0.1) is 0 Å². The molecule has 1 aliphatic rings. The van der Waals surface area contributed by atoms with E-state index in [9.17, 15) is 0 Å². The van der Waals surface area contributed by atoms with E-state index in [1.807, 2.05) is 12.1 Å². The second-order valence-corrected chi connectivity index (χ2v) is 16.5. The Labute approximate surface area is 364 Å². The van der Waals surface area contributed by atoms with E-state index in [0.717, 1.165) is 45.3 Å². The molecule has 1 aromatic heterocycles. The second kappa shape index (κ2) is 14.1. The third-order valence-corrected chi connectivity index (χ3v) is 12.9. The molecule has 294 valence electrons. The van der Waals surface area contributed by atoms with Crippen molar-refractivity contribution in [2.45, 2.75) is 0 Å². The van der Waals surface area contributed by atoms with Crippen molar-refractivity contribution in [1.29, 1.82) is 0 Å². The quantitative estimate of drug-likeness (QED) is 0.156. The van der Waals surface area contributed by atoms with Gasteiger partial charge in [0.2, 0.25) is 0 Å². The zero-order valence-corrected chi connectivity index (χ0v) is 34.2. The molecule has 3 heteroatoms. The molecule has 0 spiro atoms. The van der Waals surface area contributed by atoms with Crippen LogP contribution in [0, 0.1) is 0 Å². The Balaban J connectivity index is 0.919. The Hall–Kier alpha value is -8.40. The fraction of sp³-hybridized carbons (Fsp3) is 0. The largest absolute Gasteiger partial charge is 0.453 e. The van der Waals surface area contributed by atoms with E-state index in [1.54, 1.807) is 0 Å². The highest BCUT2D eigenvalue weighted by molar-refractivity contribution is 6.14. The smallest absolute Gasteiger partial charge is 0.152 e. The summed E-state index contributed by atoms with van der Waals surface area (Å²) < 4.78 is 8.74. The number of nitrogens with zero attached hydrogens (tertiary/aromatic N) is 2. The molecule has 0 radical (unpaired) electrons. The van der Waals surface area contributed by atoms with Crippen molar-refractivity contribution < 1.29 is 4.74 Å². The average Bonchev–Trinajstić information content (AvgIpc) is 3.69. The van der Waals surface area contributed by atoms with Crippen LogP contribution in [0.15, 0.2) is 231 Å². The SMILES string of the molecule is c1cc(-c2ccc3ccccc3c2)cc(N(c2ccc(-c3ccc4c(c3)c3cccc5c3n4-c3ccccc3O5)cc2)c2ccc(-c3cc4ccccc4c4ccccc34)cc2)c1. The molecule has 12 aromatic rings. The van der Waals surface area contributed by atoms with E-state index in [0.29, 0.717) is 0 Å². The first-order valence-electron chi connectivity index (χ1n) is 21.6. The number of aromatic nitrogens is 1. The van der Waals surface area contributed by atoms with Gasteiger partial charge in [-0.05, 0) is 145 Å². The molecule has 0 amide bonds. The maximum atomic E-state index is 6.39. The summed E-state index contributed by atoms with van der Waals surface area (Å²) in [5.74, 6) is 1.76. The lowest BCUT2D eigenvalue weighted by Gasteiger charge is -2.26. The molecule has 0 aliphatic carbocycles. The predicted molar refractivity (Wildman–Crippen MR) is 264 cm³/mol. The molecular weight excluding hydrogens is 765 g/mol. The normalized spacial score (nSPS) is 11.9. The monoisotopic (exact) mass is 802 g/mol. The number of hydrogen-bond acceptors (Lipinski definition) is 2. The zero-order chi connectivity index (χ0) is 41.4. The molecule has 63 heavy (non-hydrogen) atoms. The summed E-state index contributed by atoms with van der Waals surface area (Å²) in [4.78, 5) is 2.38. The predicted octanol–water partition coefficient (Wildman–Crippen LogP) is 16.8. The lowest BCUT2D eigenvalue weighted by atomic mass is 9.93. The minimum Gasteiger partial charge on any atom is -0.453 e. The van der Waals surface area contributed by atoms with Crippen molar-refractivity contribution >= 4 is 71.2 Å². The number of fused-ring (bicyclic) bond motifs is 9. The highest BCUT2D eigenvalue weighted by Crippen LogP contribution is 2.46. The van der Waals surface area contributed by atoms with Crippen LogP contribution in [0.3, 0.4) is 0 Å². The molecule has 0 fully saturated rings. The zero-order valence-electron chi connectivity index (χ0n) is 34.2. The molecule has 0 N–H and O–H groups in total. The van der Waals surface area contributed by atoms with Crippen molar-refractivity contribution in [1.82, 2.24) is 4.57 Å². The highest BCUT2D eigenvalue weighted by Gasteiger charge is 2.24. The Morgan fingerprint density at radius 3 is 1.76 bits per heavy atom. The van der Waals surface area contributed by atoms with E-state index in [1.165, 1.54) is 76.4 Å². The summed E-state index contributed by atoms with van der Waals surface area (Å²) >= 11 is 0. The van der Waals surface area contributed by atoms with Crippen LogP contribution in [0.4, 0.5) is 17.1 Å². The molecule has 1 aliphatic heterocycles. The van der Waals surface area contributed by atoms with Crippen molar-refractivity contribution in [2.24, 2.45) is 0 Å². The number of rotatable bonds is 6. The van der Waals surface area contributed by atoms with E-state index < -0.39 is 0 Å². The van der Waals surface area contributed by atoms with Crippen LogP contribution in [-0.2, 0) is 0 Å². The third kappa shape index (κ3) is 5.75. The van der Waals surface area contributed by atoms with Crippen molar-refractivity contribution in [3.8, 4) is 50.6 Å². The first-order valence-corrected chi connectivity index (χ1v) is 21.6. The maximum Gasteiger partial charge on any atom is 0.152 e. The minimum atomic E-state index is 0.874. The first kappa shape index (κ1) is 35.4. The molecule has 3 nitrogen and oxygen atoms in total. The van der Waals surface area contributed by atoms with Gasteiger partial charge in [-0.25, -0.2) is 0 Å². The molecule has 0 saturated carbocycles. The Kier molecular flexibility index (Phi) is 7.91. The summed E-state index contributed by atoms with van der Waals surface area (Å²) in [6.07, 6.45) is 0. The Bertz CT molecular complexity index is 3770. The maximum absolute atomic E-state index is 6.39. The first-order chi connectivity index (χ1) is 31.2. The molecule has 13 rings (SSSR count). The van der Waals surface area contributed by atoms with Gasteiger partial charge in [0, 0.05) is 27.8 Å². The highest BCUT2D eigenvalue weighted by atomic mass is 16.5. The summed E-state index contributed by atoms with van der Waals surface area (Å²) in [7, 11) is 0. The summed E-state index contributed by atoms with van der Waals surface area (Å²) in [6, 6.07) is 83.6. The summed E-state index contributed by atoms with van der Waals surface area (Å²) in [6.45, 7) is 0. The fourth-order valence-corrected chi connectivity index (χ4v) is 9.92. The Morgan fingerprint density at radius 1 is 0.317 bits per heavy atom. The Morgan fingerprint density at radius 2 is 0.921 bits per heavy atom. The fourth-order valence-electron chi connectivity index (χ4n) is 9.92. The molecule has 11 aromatic carbocycles. The van der Waals surface area contributed by atoms with E-state index in [-0.39, 0.29) is 0 Å². The molecular formula is C60H38N2O. The molecule has 0 saturated heterocycles. The van der Waals surface area contributed by atoms with Gasteiger partial charge in [0.1, 0.15) is 0 Å². The van der Waals surface area contributed by atoms with E-state index in [4.69, 9.17) is 4.74 Å². The van der Waals surface area contributed by atoms with Gasteiger partial charge >= 0.3 is 0 Å². The van der Waals surface area contributed by atoms with Crippen LogP contribution in [-0.4, -0.2) is 4.57 Å². The summed E-state index contributed by atoms with van der Waals surface area (Å²) in [5.41, 5.74) is 13.7. The van der Waals surface area contributed by atoms with Crippen LogP contribution >= 0.6 is 0 Å². The number of hydrogen-bond donors (Lipinski definition) is 0. The van der Waals surface area contributed by atoms with Gasteiger partial charge in [-0.1, -0.05) is 152 Å². The lowest BCUT2D eigenvalue weighted by Crippen LogP contribution is -2.10. The van der Waals surface area contributed by atoms with Gasteiger partial charge in [-0.2, -0.15) is 0 Å². The molecule has 2 heterocycles. The van der Waals surface area contributed by atoms with Gasteiger partial charge < -0.3 is 14.2 Å². The number of anilines is 3. The van der Waals surface area contributed by atoms with E-state index in [2.05, 4.69) is 228 Å². The van der Waals surface area contributed by atoms with Crippen LogP contribution in [0.5, 0.6) is 11.5 Å². The van der Waals surface area contributed by atoms with E-state index >= 15 is 0 Å². The van der Waals surface area contributed by atoms with Crippen LogP contribution in [0.25, 0.3) is 93.2 Å². The van der Waals surface area contributed by atoms with Crippen LogP contribution in [0.2, 0.25) is 0 Å². The van der Waals surface area contributed by atoms with Crippen molar-refractivity contribution in [3.63, 3.8) is 0 Å². The second-order valence-electron chi connectivity index (χ2n) is 16.5. The standard InChI is InChI=1S/C60H38N2O/c1-2-12-42-35-44(24-23-39(42)11-1)43-14-9-15-49(36-43)61(48-32-27-41(28-33-48)54-38-46-13-3-4-16-50(46)51-17-5-6-18-52(51)54)47-30-25-40(26-31-47)45-29-34-56-55(37-45)53-19-10-22-59-60(53)62(56)57-20-7-8-21-58(57)63-59/h1-38H. The molecule has 0 unspecified atom stereocenters. The minimum absolute atomic E-state index is 0.874. The number of benzene rings is 11. The third-order valence-electron chi connectivity index (χ3n) is 12.9. The van der Waals surface area contributed by atoms with Crippen molar-refractivity contribution in [3.05, 3.63) is 231 Å². The number of ether oxygens (including phenoxy) is 1. The number of para-hydroxylation sites is 3. The van der Waals surface area contributed by atoms with Crippen LogP contribution < -0.4 is 9.64 Å². The van der Waals surface area contributed by atoms with Gasteiger partial charge in [-0.3, -0.25) is 0 Å². The summed E-state index contributed by atoms with van der Waals surface area (Å²) in [5, 5.41) is 9.93. The topological polar surface area (TPSA) is 17.4 Å². The average molecular weight is 803 g/mol. The van der Waals surface area contributed by atoms with Crippen molar-refractivity contribution in [2.75, 3.05) is 4.90 Å². The van der Waals surface area contributed by atoms with Crippen LogP contribution in [0.1, 0.15) is 0 Å². The van der Waals surface area contributed by atoms with Gasteiger partial charge in [0.05, 0.1) is 16.7 Å².